The third-order valence-electron chi connectivity index (χ3n) is 3.04. The van der Waals surface area contributed by atoms with E-state index in [4.69, 9.17) is 0 Å². The van der Waals surface area contributed by atoms with E-state index < -0.39 is 0 Å². The zero-order valence-corrected chi connectivity index (χ0v) is 8.81. The largest absolute Gasteiger partial charge is 0.0739 e. The van der Waals surface area contributed by atoms with E-state index in [1.165, 1.54) is 22.3 Å². The van der Waals surface area contributed by atoms with Crippen LogP contribution >= 0.6 is 0 Å². The van der Waals surface area contributed by atoms with Gasteiger partial charge in [0.2, 0.25) is 0 Å². The van der Waals surface area contributed by atoms with Gasteiger partial charge in [0.05, 0.1) is 0 Å². The Balaban J connectivity index is 2.66. The van der Waals surface area contributed by atoms with E-state index in [-0.39, 0.29) is 5.41 Å². The first-order valence-corrected chi connectivity index (χ1v) is 4.82. The van der Waals surface area contributed by atoms with Crippen molar-refractivity contribution in [2.24, 2.45) is 0 Å². The Morgan fingerprint density at radius 1 is 1.00 bits per heavy atom. The molecule has 0 amide bonds. The molecule has 1 aromatic carbocycles. The Labute approximate surface area is 80.3 Å². The molecule has 0 heteroatoms. The van der Waals surface area contributed by atoms with Crippen LogP contribution in [0.5, 0.6) is 0 Å². The minimum atomic E-state index is 0.230. The van der Waals surface area contributed by atoms with Crippen LogP contribution in [0.4, 0.5) is 0 Å². The molecule has 0 heterocycles. The molecule has 0 unspecified atom stereocenters. The fraction of sp³-hybridized carbons (Fsp3) is 0.385. The van der Waals surface area contributed by atoms with Gasteiger partial charge in [-0.3, -0.25) is 0 Å². The molecule has 0 nitrogen and oxygen atoms in total. The third kappa shape index (κ3) is 1.21. The van der Waals surface area contributed by atoms with E-state index in [0.29, 0.717) is 0 Å². The van der Waals surface area contributed by atoms with Crippen molar-refractivity contribution in [3.63, 3.8) is 0 Å². The molecule has 0 saturated carbocycles. The van der Waals surface area contributed by atoms with Crippen LogP contribution in [0.1, 0.15) is 36.1 Å². The van der Waals surface area contributed by atoms with Gasteiger partial charge in [0.25, 0.3) is 0 Å². The van der Waals surface area contributed by atoms with E-state index in [1.54, 1.807) is 0 Å². The summed E-state index contributed by atoms with van der Waals surface area (Å²) in [6.45, 7) is 8.90. The van der Waals surface area contributed by atoms with Crippen molar-refractivity contribution in [2.75, 3.05) is 0 Å². The second kappa shape index (κ2) is 2.47. The predicted molar refractivity (Wildman–Crippen MR) is 58.0 cm³/mol. The van der Waals surface area contributed by atoms with Crippen LogP contribution in [-0.4, -0.2) is 0 Å². The maximum Gasteiger partial charge on any atom is 0.00846 e. The second-order valence-corrected chi connectivity index (χ2v) is 4.58. The number of hydrogen-bond acceptors (Lipinski definition) is 0. The maximum absolute atomic E-state index is 2.32. The first-order valence-electron chi connectivity index (χ1n) is 4.82. The molecule has 0 bridgehead atoms. The lowest BCUT2D eigenvalue weighted by Gasteiger charge is -2.18. The van der Waals surface area contributed by atoms with E-state index in [9.17, 15) is 0 Å². The molecular weight excluding hydrogens is 156 g/mol. The van der Waals surface area contributed by atoms with Gasteiger partial charge >= 0.3 is 0 Å². The summed E-state index contributed by atoms with van der Waals surface area (Å²) in [6.07, 6.45) is 4.53. The average molecular weight is 172 g/mol. The Bertz CT molecular complexity index is 381. The molecule has 68 valence electrons. The predicted octanol–water partition coefficient (Wildman–Crippen LogP) is 3.61. The number of allylic oxidation sites excluding steroid dienone is 1. The molecule has 0 atom stereocenters. The summed E-state index contributed by atoms with van der Waals surface area (Å²) in [5, 5.41) is 0. The average Bonchev–Trinajstić information content (AvgIpc) is 2.31. The molecule has 0 fully saturated rings. The summed E-state index contributed by atoms with van der Waals surface area (Å²) in [5.41, 5.74) is 5.88. The molecular formula is C13H16. The highest BCUT2D eigenvalue weighted by molar-refractivity contribution is 5.66. The van der Waals surface area contributed by atoms with Crippen molar-refractivity contribution < 1.29 is 0 Å². The van der Waals surface area contributed by atoms with E-state index in [0.717, 1.165) is 0 Å². The van der Waals surface area contributed by atoms with Crippen LogP contribution in [0.15, 0.2) is 18.2 Å². The fourth-order valence-electron chi connectivity index (χ4n) is 1.92. The number of benzene rings is 1. The Morgan fingerprint density at radius 2 is 1.62 bits per heavy atom. The molecule has 13 heavy (non-hydrogen) atoms. The van der Waals surface area contributed by atoms with Crippen molar-refractivity contribution in [3.8, 4) is 0 Å². The smallest absolute Gasteiger partial charge is 0.00846 e. The SMILES string of the molecule is Cc1cc2c(cc1C)C(C)(C)C=C2. The normalized spacial score (nSPS) is 17.5. The minimum Gasteiger partial charge on any atom is -0.0739 e. The molecule has 0 saturated heterocycles. The topological polar surface area (TPSA) is 0 Å². The molecule has 2 rings (SSSR count). The quantitative estimate of drug-likeness (QED) is 0.561. The van der Waals surface area contributed by atoms with Gasteiger partial charge in [-0.15, -0.1) is 0 Å². The van der Waals surface area contributed by atoms with Gasteiger partial charge in [-0.1, -0.05) is 38.1 Å². The van der Waals surface area contributed by atoms with E-state index in [2.05, 4.69) is 52.0 Å². The highest BCUT2D eigenvalue weighted by Gasteiger charge is 2.24. The Morgan fingerprint density at radius 3 is 2.31 bits per heavy atom. The van der Waals surface area contributed by atoms with Gasteiger partial charge in [0.15, 0.2) is 0 Å². The van der Waals surface area contributed by atoms with Gasteiger partial charge in [-0.2, -0.15) is 0 Å². The lowest BCUT2D eigenvalue weighted by atomic mass is 9.85. The summed E-state index contributed by atoms with van der Waals surface area (Å²) in [6, 6.07) is 4.61. The monoisotopic (exact) mass is 172 g/mol. The summed E-state index contributed by atoms with van der Waals surface area (Å²) >= 11 is 0. The molecule has 1 aliphatic carbocycles. The number of fused-ring (bicyclic) bond motifs is 1. The van der Waals surface area contributed by atoms with Gasteiger partial charge in [0.1, 0.15) is 0 Å². The van der Waals surface area contributed by atoms with Crippen LogP contribution in [0, 0.1) is 13.8 Å². The molecule has 0 aromatic heterocycles. The first kappa shape index (κ1) is 8.55. The van der Waals surface area contributed by atoms with Crippen LogP contribution in [-0.2, 0) is 5.41 Å². The van der Waals surface area contributed by atoms with E-state index in [1.807, 2.05) is 0 Å². The summed E-state index contributed by atoms with van der Waals surface area (Å²) < 4.78 is 0. The maximum atomic E-state index is 2.32. The lowest BCUT2D eigenvalue weighted by Crippen LogP contribution is -2.11. The van der Waals surface area contributed by atoms with Gasteiger partial charge in [-0.05, 0) is 36.1 Å². The Hall–Kier alpha value is -1.04. The van der Waals surface area contributed by atoms with Crippen molar-refractivity contribution in [3.05, 3.63) is 40.5 Å². The van der Waals surface area contributed by atoms with Crippen molar-refractivity contribution in [1.29, 1.82) is 0 Å². The second-order valence-electron chi connectivity index (χ2n) is 4.58. The Kier molecular flexibility index (Phi) is 1.63. The molecule has 1 aliphatic rings. The van der Waals surface area contributed by atoms with E-state index >= 15 is 0 Å². The van der Waals surface area contributed by atoms with Crippen molar-refractivity contribution >= 4 is 6.08 Å². The summed E-state index contributed by atoms with van der Waals surface area (Å²) in [5.74, 6) is 0. The minimum absolute atomic E-state index is 0.230. The van der Waals surface area contributed by atoms with Crippen molar-refractivity contribution in [1.82, 2.24) is 0 Å². The third-order valence-corrected chi connectivity index (χ3v) is 3.04. The van der Waals surface area contributed by atoms with Crippen LogP contribution < -0.4 is 0 Å². The molecule has 0 aliphatic heterocycles. The van der Waals surface area contributed by atoms with Crippen LogP contribution in [0.2, 0.25) is 0 Å². The first-order chi connectivity index (χ1) is 6.00. The number of hydrogen-bond donors (Lipinski definition) is 0. The summed E-state index contributed by atoms with van der Waals surface area (Å²) in [4.78, 5) is 0. The molecule has 0 radical (unpaired) electrons. The fourth-order valence-corrected chi connectivity index (χ4v) is 1.92. The standard InChI is InChI=1S/C13H16/c1-9-7-11-5-6-13(3,4)12(11)8-10(9)2/h5-8H,1-4H3. The molecule has 0 spiro atoms. The highest BCUT2D eigenvalue weighted by atomic mass is 14.3. The van der Waals surface area contributed by atoms with Gasteiger partial charge < -0.3 is 0 Å². The zero-order valence-electron chi connectivity index (χ0n) is 8.81. The molecule has 0 N–H and O–H groups in total. The van der Waals surface area contributed by atoms with Crippen molar-refractivity contribution in [2.45, 2.75) is 33.1 Å². The highest BCUT2D eigenvalue weighted by Crippen LogP contribution is 2.36. The zero-order chi connectivity index (χ0) is 9.64. The number of rotatable bonds is 0. The number of aryl methyl sites for hydroxylation is 2. The molecule has 1 aromatic rings. The van der Waals surface area contributed by atoms with Gasteiger partial charge in [-0.25, -0.2) is 0 Å². The lowest BCUT2D eigenvalue weighted by molar-refractivity contribution is 0.682. The van der Waals surface area contributed by atoms with Crippen LogP contribution in [0.25, 0.3) is 6.08 Å². The summed E-state index contributed by atoms with van der Waals surface area (Å²) in [7, 11) is 0. The van der Waals surface area contributed by atoms with Crippen LogP contribution in [0.3, 0.4) is 0 Å². The van der Waals surface area contributed by atoms with Gasteiger partial charge in [0, 0.05) is 5.41 Å².